The molecule has 6 heteroatoms. The smallest absolute Gasteiger partial charge is 0.327 e. The Morgan fingerprint density at radius 1 is 1.08 bits per heavy atom. The number of benzene rings is 1. The summed E-state index contributed by atoms with van der Waals surface area (Å²) in [5.41, 5.74) is 0.388. The van der Waals surface area contributed by atoms with Gasteiger partial charge in [-0.3, -0.25) is 9.69 Å². The van der Waals surface area contributed by atoms with Crippen LogP contribution in [0.4, 0.5) is 4.79 Å². The molecule has 1 spiro atoms. The molecule has 0 atom stereocenters. The monoisotopic (exact) mass is 357 g/mol. The summed E-state index contributed by atoms with van der Waals surface area (Å²) in [6.07, 6.45) is 3.55. The van der Waals surface area contributed by atoms with E-state index in [4.69, 9.17) is 4.74 Å². The SMILES string of the molecule is CN1C(=O)N(Cc2ccccc2)C2(CCN(C3CCOCC3)CC2)C1=O. The highest BCUT2D eigenvalue weighted by atomic mass is 16.5. The fraction of sp³-hybridized carbons (Fsp3) is 0.600. The predicted molar refractivity (Wildman–Crippen MR) is 97.5 cm³/mol. The maximum absolute atomic E-state index is 13.0. The maximum Gasteiger partial charge on any atom is 0.327 e. The molecule has 0 saturated carbocycles. The number of amides is 3. The number of hydrogen-bond acceptors (Lipinski definition) is 4. The van der Waals surface area contributed by atoms with Crippen LogP contribution in [0, 0.1) is 0 Å². The van der Waals surface area contributed by atoms with Crippen LogP contribution in [-0.4, -0.2) is 71.6 Å². The van der Waals surface area contributed by atoms with Crippen molar-refractivity contribution in [2.45, 2.75) is 43.8 Å². The van der Waals surface area contributed by atoms with E-state index in [0.29, 0.717) is 25.4 Å². The zero-order chi connectivity index (χ0) is 18.1. The highest BCUT2D eigenvalue weighted by Crippen LogP contribution is 2.38. The number of piperidine rings is 1. The summed E-state index contributed by atoms with van der Waals surface area (Å²) in [6, 6.07) is 10.3. The van der Waals surface area contributed by atoms with Gasteiger partial charge in [-0.25, -0.2) is 4.79 Å². The van der Waals surface area contributed by atoms with E-state index in [1.807, 2.05) is 35.2 Å². The number of nitrogens with zero attached hydrogens (tertiary/aromatic N) is 3. The largest absolute Gasteiger partial charge is 0.381 e. The zero-order valence-electron chi connectivity index (χ0n) is 15.4. The van der Waals surface area contributed by atoms with Gasteiger partial charge in [0, 0.05) is 45.9 Å². The van der Waals surface area contributed by atoms with Crippen LogP contribution < -0.4 is 0 Å². The van der Waals surface area contributed by atoms with E-state index in [2.05, 4.69) is 4.90 Å². The van der Waals surface area contributed by atoms with Crippen molar-refractivity contribution < 1.29 is 14.3 Å². The highest BCUT2D eigenvalue weighted by molar-refractivity contribution is 6.06. The van der Waals surface area contributed by atoms with Crippen LogP contribution in [0.2, 0.25) is 0 Å². The van der Waals surface area contributed by atoms with E-state index >= 15 is 0 Å². The van der Waals surface area contributed by atoms with Gasteiger partial charge in [0.05, 0.1) is 0 Å². The molecule has 26 heavy (non-hydrogen) atoms. The first-order chi connectivity index (χ1) is 12.6. The Morgan fingerprint density at radius 3 is 2.38 bits per heavy atom. The van der Waals surface area contributed by atoms with Gasteiger partial charge in [0.25, 0.3) is 5.91 Å². The third kappa shape index (κ3) is 2.91. The van der Waals surface area contributed by atoms with Gasteiger partial charge in [0.15, 0.2) is 0 Å². The standard InChI is InChI=1S/C20H27N3O3/c1-21-18(24)20(23(19(21)25)15-16-5-3-2-4-6-16)9-11-22(12-10-20)17-7-13-26-14-8-17/h2-6,17H,7-15H2,1H3. The molecule has 3 amide bonds. The number of imide groups is 1. The minimum atomic E-state index is -0.677. The molecule has 1 aromatic rings. The van der Waals surface area contributed by atoms with E-state index < -0.39 is 5.54 Å². The fourth-order valence-electron chi connectivity index (χ4n) is 4.66. The minimum Gasteiger partial charge on any atom is -0.381 e. The lowest BCUT2D eigenvalue weighted by atomic mass is 9.84. The highest BCUT2D eigenvalue weighted by Gasteiger charge is 2.57. The van der Waals surface area contributed by atoms with Crippen molar-refractivity contribution in [3.8, 4) is 0 Å². The molecular weight excluding hydrogens is 330 g/mol. The summed E-state index contributed by atoms with van der Waals surface area (Å²) in [6.45, 7) is 3.87. The van der Waals surface area contributed by atoms with E-state index in [1.54, 1.807) is 7.05 Å². The van der Waals surface area contributed by atoms with Crippen LogP contribution in [0.1, 0.15) is 31.2 Å². The van der Waals surface area contributed by atoms with Gasteiger partial charge in [-0.15, -0.1) is 0 Å². The molecule has 0 N–H and O–H groups in total. The molecule has 3 fully saturated rings. The maximum atomic E-state index is 13.0. The normalized spacial score (nSPS) is 24.7. The summed E-state index contributed by atoms with van der Waals surface area (Å²) in [7, 11) is 1.61. The summed E-state index contributed by atoms with van der Waals surface area (Å²) in [5, 5.41) is 0. The first-order valence-corrected chi connectivity index (χ1v) is 9.57. The Labute approximate surface area is 154 Å². The molecule has 0 bridgehead atoms. The van der Waals surface area contributed by atoms with E-state index in [1.165, 1.54) is 4.90 Å². The topological polar surface area (TPSA) is 53.1 Å². The summed E-state index contributed by atoms with van der Waals surface area (Å²) >= 11 is 0. The minimum absolute atomic E-state index is 0.0370. The van der Waals surface area contributed by atoms with E-state index in [0.717, 1.165) is 44.7 Å². The number of likely N-dealkylation sites (N-methyl/N-ethyl adjacent to an activating group) is 1. The Bertz CT molecular complexity index is 664. The molecule has 140 valence electrons. The molecular formula is C20H27N3O3. The molecule has 6 nitrogen and oxygen atoms in total. The zero-order valence-corrected chi connectivity index (χ0v) is 15.4. The summed E-state index contributed by atoms with van der Waals surface area (Å²) in [5.74, 6) is -0.0370. The lowest BCUT2D eigenvalue weighted by molar-refractivity contribution is -0.135. The molecule has 0 aliphatic carbocycles. The average Bonchev–Trinajstić information content (AvgIpc) is 2.86. The quantitative estimate of drug-likeness (QED) is 0.778. The average molecular weight is 357 g/mol. The number of carbonyl (C=O) groups is 2. The molecule has 4 rings (SSSR count). The molecule has 1 aromatic carbocycles. The third-order valence-electron chi connectivity index (χ3n) is 6.25. The second kappa shape index (κ2) is 7.00. The van der Waals surface area contributed by atoms with Gasteiger partial charge >= 0.3 is 6.03 Å². The second-order valence-corrected chi connectivity index (χ2v) is 7.63. The number of hydrogen-bond donors (Lipinski definition) is 0. The Balaban J connectivity index is 1.52. The summed E-state index contributed by atoms with van der Waals surface area (Å²) in [4.78, 5) is 31.4. The van der Waals surface area contributed by atoms with Crippen LogP contribution >= 0.6 is 0 Å². The van der Waals surface area contributed by atoms with Gasteiger partial charge in [-0.1, -0.05) is 30.3 Å². The van der Waals surface area contributed by atoms with Crippen molar-refractivity contribution in [2.24, 2.45) is 0 Å². The second-order valence-electron chi connectivity index (χ2n) is 7.63. The fourth-order valence-corrected chi connectivity index (χ4v) is 4.66. The number of likely N-dealkylation sites (tertiary alicyclic amines) is 1. The molecule has 3 aliphatic heterocycles. The first-order valence-electron chi connectivity index (χ1n) is 9.57. The van der Waals surface area contributed by atoms with Crippen molar-refractivity contribution in [1.29, 1.82) is 0 Å². The van der Waals surface area contributed by atoms with Crippen LogP contribution in [-0.2, 0) is 16.1 Å². The van der Waals surface area contributed by atoms with Crippen LogP contribution in [0.25, 0.3) is 0 Å². The Morgan fingerprint density at radius 2 is 1.73 bits per heavy atom. The van der Waals surface area contributed by atoms with Gasteiger partial charge < -0.3 is 14.5 Å². The first kappa shape index (κ1) is 17.5. The van der Waals surface area contributed by atoms with Crippen molar-refractivity contribution in [2.75, 3.05) is 33.4 Å². The predicted octanol–water partition coefficient (Wildman–Crippen LogP) is 2.09. The van der Waals surface area contributed by atoms with Gasteiger partial charge in [0.1, 0.15) is 5.54 Å². The molecule has 0 aromatic heterocycles. The Kier molecular flexibility index (Phi) is 4.71. The molecule has 0 radical (unpaired) electrons. The lowest BCUT2D eigenvalue weighted by Crippen LogP contribution is -2.58. The third-order valence-corrected chi connectivity index (χ3v) is 6.25. The van der Waals surface area contributed by atoms with Crippen LogP contribution in [0.15, 0.2) is 30.3 Å². The van der Waals surface area contributed by atoms with Gasteiger partial charge in [-0.05, 0) is 31.2 Å². The number of ether oxygens (including phenoxy) is 1. The van der Waals surface area contributed by atoms with Crippen LogP contribution in [0.3, 0.4) is 0 Å². The number of urea groups is 1. The molecule has 3 saturated heterocycles. The van der Waals surface area contributed by atoms with Crippen molar-refractivity contribution >= 4 is 11.9 Å². The Hall–Kier alpha value is -1.92. The number of rotatable bonds is 3. The van der Waals surface area contributed by atoms with Crippen molar-refractivity contribution in [3.63, 3.8) is 0 Å². The molecule has 0 unspecified atom stereocenters. The number of carbonyl (C=O) groups excluding carboxylic acids is 2. The molecule has 3 aliphatic rings. The van der Waals surface area contributed by atoms with Gasteiger partial charge in [-0.2, -0.15) is 0 Å². The van der Waals surface area contributed by atoms with E-state index in [9.17, 15) is 9.59 Å². The van der Waals surface area contributed by atoms with E-state index in [-0.39, 0.29) is 11.9 Å². The lowest BCUT2D eigenvalue weighted by Gasteiger charge is -2.45. The summed E-state index contributed by atoms with van der Waals surface area (Å²) < 4.78 is 5.47. The van der Waals surface area contributed by atoms with Crippen molar-refractivity contribution in [1.82, 2.24) is 14.7 Å². The van der Waals surface area contributed by atoms with Gasteiger partial charge in [0.2, 0.25) is 0 Å². The molecule has 3 heterocycles. The van der Waals surface area contributed by atoms with Crippen LogP contribution in [0.5, 0.6) is 0 Å². The van der Waals surface area contributed by atoms with Crippen molar-refractivity contribution in [3.05, 3.63) is 35.9 Å².